The maximum Gasteiger partial charge on any atom is 0.226 e. The highest BCUT2D eigenvalue weighted by molar-refractivity contribution is 5.93. The van der Waals surface area contributed by atoms with Crippen molar-refractivity contribution in [2.45, 2.75) is 57.9 Å². The Balaban J connectivity index is 1.77. The summed E-state index contributed by atoms with van der Waals surface area (Å²) in [5.74, 6) is 0.279. The first-order chi connectivity index (χ1) is 11.1. The molecule has 0 saturated carbocycles. The standard InChI is InChI=1S/C19H28N2O2/c1-3-16-10-7-8-15-21(16)19(23)14-9-13-18(22)20(2)17-11-5-4-6-12-17/h4-6,11-12,16H,3,7-10,13-15H2,1-2H3. The Labute approximate surface area is 139 Å². The van der Waals surface area contributed by atoms with Gasteiger partial charge in [-0.1, -0.05) is 25.1 Å². The van der Waals surface area contributed by atoms with E-state index >= 15 is 0 Å². The SMILES string of the molecule is CCC1CCCCN1C(=O)CCCC(=O)N(C)c1ccccc1. The van der Waals surface area contributed by atoms with Crippen LogP contribution >= 0.6 is 0 Å². The number of anilines is 1. The molecule has 4 heteroatoms. The lowest BCUT2D eigenvalue weighted by Crippen LogP contribution is -2.43. The van der Waals surface area contributed by atoms with Crippen molar-refractivity contribution in [2.75, 3.05) is 18.5 Å². The van der Waals surface area contributed by atoms with Gasteiger partial charge >= 0.3 is 0 Å². The van der Waals surface area contributed by atoms with Crippen LogP contribution in [0, 0.1) is 0 Å². The third-order valence-electron chi connectivity index (χ3n) is 4.72. The Morgan fingerprint density at radius 3 is 2.61 bits per heavy atom. The zero-order valence-corrected chi connectivity index (χ0v) is 14.3. The number of nitrogens with zero attached hydrogens (tertiary/aromatic N) is 2. The van der Waals surface area contributed by atoms with E-state index in [1.807, 2.05) is 35.2 Å². The number of hydrogen-bond donors (Lipinski definition) is 0. The predicted molar refractivity (Wildman–Crippen MR) is 93.3 cm³/mol. The highest BCUT2D eigenvalue weighted by Gasteiger charge is 2.24. The number of carbonyl (C=O) groups excluding carboxylic acids is 2. The molecule has 126 valence electrons. The topological polar surface area (TPSA) is 40.6 Å². The largest absolute Gasteiger partial charge is 0.340 e. The molecule has 2 rings (SSSR count). The minimum absolute atomic E-state index is 0.0645. The van der Waals surface area contributed by atoms with Crippen molar-refractivity contribution in [1.29, 1.82) is 0 Å². The van der Waals surface area contributed by atoms with Crippen LogP contribution in [0.4, 0.5) is 5.69 Å². The fraction of sp³-hybridized carbons (Fsp3) is 0.579. The summed E-state index contributed by atoms with van der Waals surface area (Å²) in [5.41, 5.74) is 0.894. The van der Waals surface area contributed by atoms with Crippen molar-refractivity contribution in [3.8, 4) is 0 Å². The first-order valence-electron chi connectivity index (χ1n) is 8.74. The third kappa shape index (κ3) is 4.81. The summed E-state index contributed by atoms with van der Waals surface area (Å²) in [5, 5.41) is 0. The van der Waals surface area contributed by atoms with E-state index in [9.17, 15) is 9.59 Å². The third-order valence-corrected chi connectivity index (χ3v) is 4.72. The molecule has 1 atom stereocenters. The number of amides is 2. The van der Waals surface area contributed by atoms with E-state index in [0.29, 0.717) is 25.3 Å². The van der Waals surface area contributed by atoms with Gasteiger partial charge in [-0.15, -0.1) is 0 Å². The van der Waals surface area contributed by atoms with Crippen molar-refractivity contribution in [1.82, 2.24) is 4.90 Å². The van der Waals surface area contributed by atoms with E-state index in [4.69, 9.17) is 0 Å². The van der Waals surface area contributed by atoms with Crippen LogP contribution in [0.1, 0.15) is 51.9 Å². The Morgan fingerprint density at radius 1 is 1.17 bits per heavy atom. The lowest BCUT2D eigenvalue weighted by molar-refractivity contribution is -0.135. The van der Waals surface area contributed by atoms with Gasteiger partial charge in [0.2, 0.25) is 11.8 Å². The van der Waals surface area contributed by atoms with Crippen LogP contribution < -0.4 is 4.90 Å². The van der Waals surface area contributed by atoms with Gasteiger partial charge < -0.3 is 9.80 Å². The first-order valence-corrected chi connectivity index (χ1v) is 8.74. The fourth-order valence-corrected chi connectivity index (χ4v) is 3.25. The van der Waals surface area contributed by atoms with Gasteiger partial charge in [0, 0.05) is 38.2 Å². The lowest BCUT2D eigenvalue weighted by Gasteiger charge is -2.35. The van der Waals surface area contributed by atoms with Gasteiger partial charge in [0.15, 0.2) is 0 Å². The average molecular weight is 316 g/mol. The molecule has 2 amide bonds. The number of carbonyl (C=O) groups is 2. The van der Waals surface area contributed by atoms with Gasteiger partial charge in [0.1, 0.15) is 0 Å². The van der Waals surface area contributed by atoms with Crippen LogP contribution in [-0.2, 0) is 9.59 Å². The van der Waals surface area contributed by atoms with E-state index in [0.717, 1.165) is 31.5 Å². The van der Waals surface area contributed by atoms with E-state index in [2.05, 4.69) is 6.92 Å². The lowest BCUT2D eigenvalue weighted by atomic mass is 9.99. The predicted octanol–water partition coefficient (Wildman–Crippen LogP) is 3.61. The molecule has 23 heavy (non-hydrogen) atoms. The molecule has 0 bridgehead atoms. The van der Waals surface area contributed by atoms with Crippen molar-refractivity contribution in [3.05, 3.63) is 30.3 Å². The Kier molecular flexibility index (Phi) is 6.63. The number of benzene rings is 1. The number of para-hydroxylation sites is 1. The number of piperidine rings is 1. The monoisotopic (exact) mass is 316 g/mol. The van der Waals surface area contributed by atoms with Crippen molar-refractivity contribution in [3.63, 3.8) is 0 Å². The zero-order valence-electron chi connectivity index (χ0n) is 14.3. The normalized spacial score (nSPS) is 17.8. The van der Waals surface area contributed by atoms with Gasteiger partial charge in [0.05, 0.1) is 0 Å². The molecule has 4 nitrogen and oxygen atoms in total. The van der Waals surface area contributed by atoms with Gasteiger partial charge in [0.25, 0.3) is 0 Å². The Hall–Kier alpha value is -1.84. The zero-order chi connectivity index (χ0) is 16.7. The number of likely N-dealkylation sites (tertiary alicyclic amines) is 1. The summed E-state index contributed by atoms with van der Waals surface area (Å²) in [6, 6.07) is 10.0. The van der Waals surface area contributed by atoms with Crippen LogP contribution in [-0.4, -0.2) is 36.3 Å². The summed E-state index contributed by atoms with van der Waals surface area (Å²) in [4.78, 5) is 28.3. The molecule has 1 aliphatic heterocycles. The Morgan fingerprint density at radius 2 is 1.91 bits per heavy atom. The molecule has 1 aromatic rings. The van der Waals surface area contributed by atoms with Gasteiger partial charge in [-0.3, -0.25) is 9.59 Å². The molecule has 0 spiro atoms. The van der Waals surface area contributed by atoms with E-state index in [1.165, 1.54) is 6.42 Å². The maximum atomic E-state index is 12.4. The van der Waals surface area contributed by atoms with Crippen LogP contribution in [0.5, 0.6) is 0 Å². The fourth-order valence-electron chi connectivity index (χ4n) is 3.25. The molecular weight excluding hydrogens is 288 g/mol. The molecule has 1 fully saturated rings. The van der Waals surface area contributed by atoms with E-state index in [1.54, 1.807) is 11.9 Å². The quantitative estimate of drug-likeness (QED) is 0.804. The van der Waals surface area contributed by atoms with Crippen LogP contribution in [0.25, 0.3) is 0 Å². The molecule has 0 N–H and O–H groups in total. The molecule has 1 heterocycles. The first kappa shape index (κ1) is 17.5. The molecule has 1 aliphatic rings. The molecule has 0 radical (unpaired) electrons. The van der Waals surface area contributed by atoms with E-state index in [-0.39, 0.29) is 11.8 Å². The van der Waals surface area contributed by atoms with Crippen LogP contribution in [0.2, 0.25) is 0 Å². The minimum Gasteiger partial charge on any atom is -0.340 e. The number of rotatable bonds is 6. The van der Waals surface area contributed by atoms with E-state index < -0.39 is 0 Å². The summed E-state index contributed by atoms with van der Waals surface area (Å²) >= 11 is 0. The second kappa shape index (κ2) is 8.70. The van der Waals surface area contributed by atoms with Crippen molar-refractivity contribution >= 4 is 17.5 Å². The summed E-state index contributed by atoms with van der Waals surface area (Å²) in [7, 11) is 1.79. The van der Waals surface area contributed by atoms with Crippen molar-refractivity contribution < 1.29 is 9.59 Å². The number of hydrogen-bond acceptors (Lipinski definition) is 2. The summed E-state index contributed by atoms with van der Waals surface area (Å²) in [6.45, 7) is 3.03. The molecule has 1 unspecified atom stereocenters. The average Bonchev–Trinajstić information content (AvgIpc) is 2.61. The smallest absolute Gasteiger partial charge is 0.226 e. The van der Waals surface area contributed by atoms with Crippen LogP contribution in [0.3, 0.4) is 0 Å². The molecule has 0 aliphatic carbocycles. The highest BCUT2D eigenvalue weighted by atomic mass is 16.2. The highest BCUT2D eigenvalue weighted by Crippen LogP contribution is 2.21. The maximum absolute atomic E-state index is 12.4. The molecule has 1 saturated heterocycles. The second-order valence-electron chi connectivity index (χ2n) is 6.29. The minimum atomic E-state index is 0.0645. The van der Waals surface area contributed by atoms with Gasteiger partial charge in [-0.25, -0.2) is 0 Å². The molecular formula is C19H28N2O2. The molecule has 0 aromatic heterocycles. The molecule has 1 aromatic carbocycles. The summed E-state index contributed by atoms with van der Waals surface area (Å²) in [6.07, 6.45) is 6.01. The van der Waals surface area contributed by atoms with Crippen molar-refractivity contribution in [2.24, 2.45) is 0 Å². The second-order valence-corrected chi connectivity index (χ2v) is 6.29. The van der Waals surface area contributed by atoms with Gasteiger partial charge in [-0.2, -0.15) is 0 Å². The Bertz CT molecular complexity index is 515. The van der Waals surface area contributed by atoms with Gasteiger partial charge in [-0.05, 0) is 44.2 Å². The summed E-state index contributed by atoms with van der Waals surface area (Å²) < 4.78 is 0. The van der Waals surface area contributed by atoms with Crippen LogP contribution in [0.15, 0.2) is 30.3 Å².